The normalized spacial score (nSPS) is 16.9. The predicted molar refractivity (Wildman–Crippen MR) is 111 cm³/mol. The monoisotopic (exact) mass is 412 g/mol. The molecule has 1 atom stereocenters. The van der Waals surface area contributed by atoms with Gasteiger partial charge in [0.1, 0.15) is 0 Å². The molecule has 0 saturated carbocycles. The largest absolute Gasteiger partial charge is 0.339 e. The summed E-state index contributed by atoms with van der Waals surface area (Å²) in [5.74, 6) is 2.52. The van der Waals surface area contributed by atoms with Crippen molar-refractivity contribution < 1.29 is 9.32 Å². The Kier molecular flexibility index (Phi) is 5.84. The molecule has 8 nitrogen and oxygen atoms in total. The number of nitrogens with one attached hydrogen (secondary N) is 1. The second kappa shape index (κ2) is 8.69. The van der Waals surface area contributed by atoms with E-state index in [2.05, 4.69) is 38.7 Å². The van der Waals surface area contributed by atoms with E-state index in [1.807, 2.05) is 30.3 Å². The zero-order valence-corrected chi connectivity index (χ0v) is 17.4. The topological polar surface area (TPSA) is 97.0 Å². The zero-order chi connectivity index (χ0) is 20.2. The third kappa shape index (κ3) is 4.79. The molecule has 0 spiro atoms. The first-order chi connectivity index (χ1) is 14.1. The number of aromatic nitrogens is 4. The molecule has 1 aromatic carbocycles. The first kappa shape index (κ1) is 19.5. The van der Waals surface area contributed by atoms with Crippen LogP contribution in [-0.2, 0) is 6.42 Å². The third-order valence-corrected chi connectivity index (χ3v) is 5.43. The van der Waals surface area contributed by atoms with Crippen LogP contribution in [0.25, 0.3) is 11.4 Å². The number of amides is 2. The predicted octanol–water partition coefficient (Wildman–Crippen LogP) is 4.20. The van der Waals surface area contributed by atoms with Crippen molar-refractivity contribution in [1.29, 1.82) is 0 Å². The summed E-state index contributed by atoms with van der Waals surface area (Å²) in [6, 6.07) is 9.54. The first-order valence-corrected chi connectivity index (χ1v) is 10.6. The lowest BCUT2D eigenvalue weighted by Gasteiger charge is -2.30. The van der Waals surface area contributed by atoms with Crippen molar-refractivity contribution in [3.8, 4) is 11.4 Å². The Morgan fingerprint density at radius 3 is 2.93 bits per heavy atom. The molecule has 0 radical (unpaired) electrons. The van der Waals surface area contributed by atoms with E-state index in [4.69, 9.17) is 4.52 Å². The fourth-order valence-electron chi connectivity index (χ4n) is 3.39. The standard InChI is InChI=1S/C20H24N6O2S/c1-13(2)11-16-21-18(28-24-16)15-9-6-10-26(12-15)20(27)23-19-22-17(25-29-19)14-7-4-3-5-8-14/h3-5,7-8,13,15H,6,9-12H2,1-2H3,(H,22,23,25,27)/t15-/m1/s1. The van der Waals surface area contributed by atoms with Crippen molar-refractivity contribution >= 4 is 22.7 Å². The van der Waals surface area contributed by atoms with Crippen molar-refractivity contribution in [3.05, 3.63) is 42.0 Å². The van der Waals surface area contributed by atoms with Crippen molar-refractivity contribution in [2.75, 3.05) is 18.4 Å². The number of benzene rings is 1. The molecule has 2 aromatic heterocycles. The molecule has 1 saturated heterocycles. The summed E-state index contributed by atoms with van der Waals surface area (Å²) in [5.41, 5.74) is 0.927. The molecule has 1 N–H and O–H groups in total. The number of urea groups is 1. The molecule has 1 aliphatic rings. The highest BCUT2D eigenvalue weighted by atomic mass is 32.1. The quantitative estimate of drug-likeness (QED) is 0.675. The van der Waals surface area contributed by atoms with Crippen LogP contribution in [0.5, 0.6) is 0 Å². The molecule has 2 amide bonds. The van der Waals surface area contributed by atoms with Gasteiger partial charge in [-0.3, -0.25) is 5.32 Å². The van der Waals surface area contributed by atoms with Crippen molar-refractivity contribution in [2.24, 2.45) is 5.92 Å². The number of nitrogens with zero attached hydrogens (tertiary/aromatic N) is 5. The van der Waals surface area contributed by atoms with E-state index in [-0.39, 0.29) is 11.9 Å². The number of likely N-dealkylation sites (tertiary alicyclic amines) is 1. The van der Waals surface area contributed by atoms with Gasteiger partial charge in [0.05, 0.1) is 5.92 Å². The van der Waals surface area contributed by atoms with Gasteiger partial charge < -0.3 is 9.42 Å². The highest BCUT2D eigenvalue weighted by molar-refractivity contribution is 7.10. The molecule has 0 bridgehead atoms. The second-order valence-electron chi connectivity index (χ2n) is 7.65. The minimum atomic E-state index is -0.174. The van der Waals surface area contributed by atoms with Gasteiger partial charge in [-0.1, -0.05) is 49.3 Å². The fourth-order valence-corrected chi connectivity index (χ4v) is 3.97. The van der Waals surface area contributed by atoms with Crippen LogP contribution in [0.2, 0.25) is 0 Å². The van der Waals surface area contributed by atoms with Gasteiger partial charge >= 0.3 is 6.03 Å². The minimum absolute atomic E-state index is 0.0669. The Morgan fingerprint density at radius 2 is 2.14 bits per heavy atom. The van der Waals surface area contributed by atoms with Gasteiger partial charge in [-0.25, -0.2) is 4.79 Å². The molecule has 0 unspecified atom stereocenters. The van der Waals surface area contributed by atoms with Crippen LogP contribution < -0.4 is 5.32 Å². The smallest absolute Gasteiger partial charge is 0.323 e. The fraction of sp³-hybridized carbons (Fsp3) is 0.450. The van der Waals surface area contributed by atoms with Gasteiger partial charge in [-0.15, -0.1) is 0 Å². The maximum atomic E-state index is 12.7. The number of rotatable bonds is 5. The maximum absolute atomic E-state index is 12.7. The Hall–Kier alpha value is -2.81. The van der Waals surface area contributed by atoms with Gasteiger partial charge in [0, 0.05) is 36.6 Å². The van der Waals surface area contributed by atoms with E-state index in [1.165, 1.54) is 11.5 Å². The van der Waals surface area contributed by atoms with Crippen molar-refractivity contribution in [3.63, 3.8) is 0 Å². The summed E-state index contributed by atoms with van der Waals surface area (Å²) in [4.78, 5) is 23.5. The van der Waals surface area contributed by atoms with Crippen LogP contribution >= 0.6 is 11.5 Å². The van der Waals surface area contributed by atoms with Crippen LogP contribution in [0.1, 0.15) is 44.3 Å². The zero-order valence-electron chi connectivity index (χ0n) is 16.5. The molecule has 0 aliphatic carbocycles. The lowest BCUT2D eigenvalue weighted by molar-refractivity contribution is 0.184. The van der Waals surface area contributed by atoms with E-state index in [0.717, 1.165) is 30.7 Å². The van der Waals surface area contributed by atoms with E-state index < -0.39 is 0 Å². The minimum Gasteiger partial charge on any atom is -0.339 e. The van der Waals surface area contributed by atoms with Gasteiger partial charge in [0.2, 0.25) is 11.0 Å². The van der Waals surface area contributed by atoms with Crippen LogP contribution in [0.15, 0.2) is 34.9 Å². The van der Waals surface area contributed by atoms with Gasteiger partial charge in [-0.2, -0.15) is 14.3 Å². The molecular formula is C20H24N6O2S. The molecule has 3 heterocycles. The number of hydrogen-bond acceptors (Lipinski definition) is 7. The van der Waals surface area contributed by atoms with Crippen LogP contribution in [-0.4, -0.2) is 43.5 Å². The van der Waals surface area contributed by atoms with E-state index in [9.17, 15) is 4.79 Å². The SMILES string of the molecule is CC(C)Cc1noc([C@@H]2CCCN(C(=O)Nc3nc(-c4ccccc4)ns3)C2)n1. The third-order valence-electron chi connectivity index (χ3n) is 4.80. The lowest BCUT2D eigenvalue weighted by atomic mass is 9.98. The number of hydrogen-bond donors (Lipinski definition) is 1. The number of carbonyl (C=O) groups is 1. The van der Waals surface area contributed by atoms with E-state index >= 15 is 0 Å². The number of anilines is 1. The van der Waals surface area contributed by atoms with Crippen LogP contribution in [0.3, 0.4) is 0 Å². The molecule has 3 aromatic rings. The Balaban J connectivity index is 1.38. The molecule has 1 aliphatic heterocycles. The van der Waals surface area contributed by atoms with Crippen LogP contribution in [0, 0.1) is 5.92 Å². The Labute approximate surface area is 173 Å². The Morgan fingerprint density at radius 1 is 1.31 bits per heavy atom. The summed E-state index contributed by atoms with van der Waals surface area (Å²) in [7, 11) is 0. The van der Waals surface area contributed by atoms with Gasteiger partial charge in [0.25, 0.3) is 0 Å². The summed E-state index contributed by atoms with van der Waals surface area (Å²) < 4.78 is 9.80. The van der Waals surface area contributed by atoms with Crippen molar-refractivity contribution in [1.82, 2.24) is 24.4 Å². The summed E-state index contributed by atoms with van der Waals surface area (Å²) in [6.45, 7) is 5.50. The second-order valence-corrected chi connectivity index (χ2v) is 8.40. The van der Waals surface area contributed by atoms with Crippen molar-refractivity contribution in [2.45, 2.75) is 39.0 Å². The highest BCUT2D eigenvalue weighted by Gasteiger charge is 2.29. The molecular weight excluding hydrogens is 388 g/mol. The molecule has 1 fully saturated rings. The molecule has 4 rings (SSSR count). The number of piperidine rings is 1. The van der Waals surface area contributed by atoms with E-state index in [0.29, 0.717) is 35.9 Å². The average molecular weight is 413 g/mol. The summed E-state index contributed by atoms with van der Waals surface area (Å²) >= 11 is 1.18. The summed E-state index contributed by atoms with van der Waals surface area (Å²) in [6.07, 6.45) is 2.62. The van der Waals surface area contributed by atoms with Gasteiger partial charge in [0.15, 0.2) is 11.6 Å². The Bertz CT molecular complexity index is 955. The first-order valence-electron chi connectivity index (χ1n) is 9.86. The molecule has 29 heavy (non-hydrogen) atoms. The van der Waals surface area contributed by atoms with E-state index in [1.54, 1.807) is 4.90 Å². The molecule has 9 heteroatoms. The highest BCUT2D eigenvalue weighted by Crippen LogP contribution is 2.27. The molecule has 152 valence electrons. The average Bonchev–Trinajstić information content (AvgIpc) is 3.38. The summed E-state index contributed by atoms with van der Waals surface area (Å²) in [5, 5.41) is 7.44. The lowest BCUT2D eigenvalue weighted by Crippen LogP contribution is -2.41. The number of carbonyl (C=O) groups excluding carboxylic acids is 1. The maximum Gasteiger partial charge on any atom is 0.323 e. The van der Waals surface area contributed by atoms with Crippen LogP contribution in [0.4, 0.5) is 9.93 Å². The van der Waals surface area contributed by atoms with Gasteiger partial charge in [-0.05, 0) is 18.8 Å².